The van der Waals surface area contributed by atoms with Crippen molar-refractivity contribution in [3.8, 4) is 0 Å². The van der Waals surface area contributed by atoms with Crippen molar-refractivity contribution in [3.05, 3.63) is 242 Å². The van der Waals surface area contributed by atoms with Crippen molar-refractivity contribution >= 4 is 68.4 Å². The third-order valence-corrected chi connectivity index (χ3v) is 27.6. The number of rotatable bonds is 12. The Morgan fingerprint density at radius 2 is 0.473 bits per heavy atom. The summed E-state index contributed by atoms with van der Waals surface area (Å²) in [6.07, 6.45) is 1.98. The number of benzene rings is 8. The molecule has 0 saturated carbocycles. The molecule has 0 atom stereocenters. The van der Waals surface area contributed by atoms with Crippen LogP contribution in [0, 0.1) is 0 Å². The Morgan fingerprint density at radius 3 is 0.673 bits per heavy atom. The van der Waals surface area contributed by atoms with E-state index >= 15 is 0 Å². The Balaban J connectivity index is 1.12. The molecule has 0 N–H and O–H groups in total. The second-order valence-electron chi connectivity index (χ2n) is 15.0. The van der Waals surface area contributed by atoms with Gasteiger partial charge in [0, 0.05) is 0 Å². The van der Waals surface area contributed by atoms with E-state index in [1.165, 1.54) is 51.7 Å². The standard InChI is InChI=1S/C52H48GeP2/c1-53(2,45-37-33-43(34-38-45)41-54(47-21-9-3-10-22-47,48-23-11-4-12-24-48)49-25-13-5-14-26-49)46-39-35-44(36-40-46)42-55(50-27-15-6-16-28-50,51-29-17-7-18-30-51)52-31-19-8-20-32-52/h3-40H,41-42H2,1-2H3/q+2. The summed E-state index contributed by atoms with van der Waals surface area (Å²) in [6, 6.07) is 86.9. The van der Waals surface area contributed by atoms with Crippen LogP contribution < -0.4 is 40.6 Å². The van der Waals surface area contributed by atoms with Crippen LogP contribution in [0.3, 0.4) is 0 Å². The van der Waals surface area contributed by atoms with Crippen LogP contribution in [-0.2, 0) is 12.3 Å². The molecule has 0 heterocycles. The zero-order valence-corrected chi connectivity index (χ0v) is 35.6. The maximum atomic E-state index is 2.55. The molecule has 0 aliphatic heterocycles. The number of hydrogen-bond acceptors (Lipinski definition) is 0. The van der Waals surface area contributed by atoms with Gasteiger partial charge < -0.3 is 0 Å². The Morgan fingerprint density at radius 1 is 0.273 bits per heavy atom. The van der Waals surface area contributed by atoms with Crippen molar-refractivity contribution in [2.75, 3.05) is 0 Å². The Bertz CT molecular complexity index is 2030. The minimum absolute atomic E-state index is 0.989. The van der Waals surface area contributed by atoms with Crippen LogP contribution in [0.2, 0.25) is 11.5 Å². The molecule has 0 fully saturated rings. The molecule has 0 amide bonds. The molecule has 0 nitrogen and oxygen atoms in total. The van der Waals surface area contributed by atoms with Crippen molar-refractivity contribution in [3.63, 3.8) is 0 Å². The quantitative estimate of drug-likeness (QED) is 0.0853. The van der Waals surface area contributed by atoms with Crippen LogP contribution in [0.4, 0.5) is 0 Å². The molecule has 268 valence electrons. The van der Waals surface area contributed by atoms with E-state index in [4.69, 9.17) is 0 Å². The molecule has 3 heteroatoms. The summed E-state index contributed by atoms with van der Waals surface area (Å²) >= 11 is -2.62. The van der Waals surface area contributed by atoms with Gasteiger partial charge in [-0.15, -0.1) is 0 Å². The van der Waals surface area contributed by atoms with Gasteiger partial charge in [0.1, 0.15) is 0 Å². The van der Waals surface area contributed by atoms with Crippen molar-refractivity contribution < 1.29 is 0 Å². The van der Waals surface area contributed by atoms with E-state index in [0.29, 0.717) is 0 Å². The topological polar surface area (TPSA) is 0 Å². The van der Waals surface area contributed by atoms with Gasteiger partial charge in [-0.05, 0) is 0 Å². The van der Waals surface area contributed by atoms with Gasteiger partial charge in [-0.2, -0.15) is 0 Å². The van der Waals surface area contributed by atoms with E-state index in [2.05, 4.69) is 242 Å². The summed E-state index contributed by atoms with van der Waals surface area (Å²) < 4.78 is 3.03. The first-order chi connectivity index (χ1) is 27.0. The predicted molar refractivity (Wildman–Crippen MR) is 247 cm³/mol. The first-order valence-corrected chi connectivity index (χ1v) is 29.5. The van der Waals surface area contributed by atoms with Crippen molar-refractivity contribution in [1.29, 1.82) is 0 Å². The van der Waals surface area contributed by atoms with Gasteiger partial charge in [-0.25, -0.2) is 0 Å². The fraction of sp³-hybridized carbons (Fsp3) is 0.0769. The van der Waals surface area contributed by atoms with Gasteiger partial charge in [0.15, 0.2) is 0 Å². The van der Waals surface area contributed by atoms with Gasteiger partial charge >= 0.3 is 334 Å². The van der Waals surface area contributed by atoms with E-state index in [0.717, 1.165) is 12.3 Å². The molecule has 0 aliphatic carbocycles. The molecule has 8 aromatic rings. The van der Waals surface area contributed by atoms with Crippen LogP contribution >= 0.6 is 14.5 Å². The van der Waals surface area contributed by atoms with Crippen molar-refractivity contribution in [1.82, 2.24) is 0 Å². The number of hydrogen-bond donors (Lipinski definition) is 0. The second-order valence-corrected chi connectivity index (χ2v) is 31.2. The summed E-state index contributed by atoms with van der Waals surface area (Å²) in [7, 11) is -3.92. The van der Waals surface area contributed by atoms with Crippen LogP contribution in [0.15, 0.2) is 231 Å². The van der Waals surface area contributed by atoms with Crippen molar-refractivity contribution in [2.24, 2.45) is 0 Å². The molecule has 55 heavy (non-hydrogen) atoms. The molecule has 0 saturated heterocycles. The Kier molecular flexibility index (Phi) is 11.1. The third kappa shape index (κ3) is 7.45. The van der Waals surface area contributed by atoms with Crippen LogP contribution in [0.25, 0.3) is 0 Å². The van der Waals surface area contributed by atoms with Crippen LogP contribution in [-0.4, -0.2) is 13.3 Å². The van der Waals surface area contributed by atoms with E-state index in [-0.39, 0.29) is 0 Å². The SMILES string of the molecule is [CH3][Ge]([CH3])([c]1ccc(C[P+](c2ccccc2)(c2ccccc2)c2ccccc2)cc1)[c]1ccc(C[P+](c2ccccc2)(c2ccccc2)c2ccccc2)cc1. The molecule has 8 aromatic carbocycles. The van der Waals surface area contributed by atoms with E-state index in [9.17, 15) is 0 Å². The van der Waals surface area contributed by atoms with E-state index in [1.54, 1.807) is 0 Å². The zero-order chi connectivity index (χ0) is 37.6. The maximum absolute atomic E-state index is 2.62. The van der Waals surface area contributed by atoms with Crippen molar-refractivity contribution in [2.45, 2.75) is 23.8 Å². The van der Waals surface area contributed by atoms with E-state index in [1.807, 2.05) is 0 Å². The fourth-order valence-corrected chi connectivity index (χ4v) is 21.7. The van der Waals surface area contributed by atoms with Gasteiger partial charge in [-0.1, -0.05) is 0 Å². The molecule has 0 bridgehead atoms. The third-order valence-electron chi connectivity index (χ3n) is 11.4. The first-order valence-electron chi connectivity index (χ1n) is 19.3. The van der Waals surface area contributed by atoms with Crippen LogP contribution in [0.1, 0.15) is 11.1 Å². The molecule has 0 unspecified atom stereocenters. The second kappa shape index (κ2) is 16.5. The molecular formula is C52H48GeP2+2. The average molecular weight is 808 g/mol. The molecule has 0 radical (unpaired) electrons. The first kappa shape index (κ1) is 37.1. The fourth-order valence-electron chi connectivity index (χ4n) is 8.31. The Labute approximate surface area is 332 Å². The molecule has 0 aliphatic rings. The van der Waals surface area contributed by atoms with Gasteiger partial charge in [-0.3, -0.25) is 0 Å². The van der Waals surface area contributed by atoms with E-state index < -0.39 is 27.8 Å². The van der Waals surface area contributed by atoms with Gasteiger partial charge in [0.25, 0.3) is 0 Å². The summed E-state index contributed by atoms with van der Waals surface area (Å²) in [4.78, 5) is 0. The average Bonchev–Trinajstić information content (AvgIpc) is 3.27. The summed E-state index contributed by atoms with van der Waals surface area (Å²) in [5.74, 6) is 5.10. The monoisotopic (exact) mass is 808 g/mol. The van der Waals surface area contributed by atoms with Crippen LogP contribution in [0.5, 0.6) is 0 Å². The molecule has 0 aromatic heterocycles. The minimum atomic E-state index is -2.62. The molecular weight excluding hydrogens is 759 g/mol. The Hall–Kier alpha value is -4.84. The zero-order valence-electron chi connectivity index (χ0n) is 31.7. The summed E-state index contributed by atoms with van der Waals surface area (Å²) in [5.41, 5.74) is 2.79. The molecule has 8 rings (SSSR count). The predicted octanol–water partition coefficient (Wildman–Crippen LogP) is 9.50. The summed E-state index contributed by atoms with van der Waals surface area (Å²) in [5, 5.41) is 8.54. The van der Waals surface area contributed by atoms with Gasteiger partial charge in [0.2, 0.25) is 0 Å². The van der Waals surface area contributed by atoms with Gasteiger partial charge in [0.05, 0.1) is 0 Å². The normalized spacial score (nSPS) is 12.0. The summed E-state index contributed by atoms with van der Waals surface area (Å²) in [6.45, 7) is 0. The molecule has 0 spiro atoms.